The van der Waals surface area contributed by atoms with E-state index in [1.54, 1.807) is 13.0 Å². The Labute approximate surface area is 136 Å². The summed E-state index contributed by atoms with van der Waals surface area (Å²) in [6.45, 7) is 3.37. The number of tetrazole rings is 1. The standard InChI is InChI=1S/C14H16N8O2/c1-9-8-11(24-18-9)14(23)15-10-4-6-21(7-5-10)13-3-2-12-16-19-20-22(12)17-13/h2-3,8,10H,4-7H2,1H3,(H,15,23). The highest BCUT2D eigenvalue weighted by molar-refractivity contribution is 5.91. The summed E-state index contributed by atoms with van der Waals surface area (Å²) >= 11 is 0. The van der Waals surface area contributed by atoms with Gasteiger partial charge in [0.05, 0.1) is 5.69 Å². The minimum atomic E-state index is -0.220. The van der Waals surface area contributed by atoms with Crippen LogP contribution in [0, 0.1) is 6.92 Å². The predicted octanol–water partition coefficient (Wildman–Crippen LogP) is 0.215. The van der Waals surface area contributed by atoms with Gasteiger partial charge in [-0.2, -0.15) is 0 Å². The van der Waals surface area contributed by atoms with Crippen LogP contribution in [0.15, 0.2) is 22.7 Å². The maximum absolute atomic E-state index is 12.1. The Kier molecular flexibility index (Phi) is 3.56. The first kappa shape index (κ1) is 14.5. The van der Waals surface area contributed by atoms with E-state index in [9.17, 15) is 4.79 Å². The molecule has 1 amide bonds. The van der Waals surface area contributed by atoms with Gasteiger partial charge in [0.2, 0.25) is 5.76 Å². The van der Waals surface area contributed by atoms with Crippen molar-refractivity contribution in [1.82, 2.24) is 35.7 Å². The molecule has 10 nitrogen and oxygen atoms in total. The summed E-state index contributed by atoms with van der Waals surface area (Å²) < 4.78 is 6.40. The van der Waals surface area contributed by atoms with Crippen LogP contribution >= 0.6 is 0 Å². The first-order chi connectivity index (χ1) is 11.7. The number of nitrogens with one attached hydrogen (secondary N) is 1. The summed E-state index contributed by atoms with van der Waals surface area (Å²) in [5, 5.41) is 22.3. The number of anilines is 1. The van der Waals surface area contributed by atoms with E-state index in [0.717, 1.165) is 31.7 Å². The van der Waals surface area contributed by atoms with Crippen molar-refractivity contribution in [3.05, 3.63) is 29.7 Å². The van der Waals surface area contributed by atoms with Gasteiger partial charge in [-0.25, -0.2) is 0 Å². The Hall–Kier alpha value is -3.04. The molecule has 1 fully saturated rings. The first-order valence-electron chi connectivity index (χ1n) is 7.73. The second kappa shape index (κ2) is 5.87. The quantitative estimate of drug-likeness (QED) is 0.726. The molecule has 4 heterocycles. The Balaban J connectivity index is 1.37. The Morgan fingerprint density at radius 3 is 2.92 bits per heavy atom. The van der Waals surface area contributed by atoms with Gasteiger partial charge in [-0.15, -0.1) is 14.8 Å². The maximum atomic E-state index is 12.1. The molecule has 0 atom stereocenters. The van der Waals surface area contributed by atoms with Gasteiger partial charge >= 0.3 is 0 Å². The molecule has 3 aromatic rings. The lowest BCUT2D eigenvalue weighted by atomic mass is 10.0. The minimum Gasteiger partial charge on any atom is -0.355 e. The van der Waals surface area contributed by atoms with Crippen molar-refractivity contribution >= 4 is 17.4 Å². The molecule has 0 aromatic carbocycles. The third kappa shape index (κ3) is 2.77. The highest BCUT2D eigenvalue weighted by Crippen LogP contribution is 2.18. The summed E-state index contributed by atoms with van der Waals surface area (Å²) in [7, 11) is 0. The Bertz CT molecular complexity index is 864. The number of rotatable bonds is 3. The number of fused-ring (bicyclic) bond motifs is 1. The number of nitrogens with zero attached hydrogens (tertiary/aromatic N) is 7. The molecule has 124 valence electrons. The van der Waals surface area contributed by atoms with E-state index in [2.05, 4.69) is 36.0 Å². The van der Waals surface area contributed by atoms with Crippen LogP contribution in [-0.2, 0) is 0 Å². The lowest BCUT2D eigenvalue weighted by Gasteiger charge is -2.32. The zero-order valence-electron chi connectivity index (χ0n) is 13.1. The van der Waals surface area contributed by atoms with E-state index < -0.39 is 0 Å². The molecule has 10 heteroatoms. The van der Waals surface area contributed by atoms with Gasteiger partial charge < -0.3 is 14.7 Å². The number of hydrogen-bond acceptors (Lipinski definition) is 8. The van der Waals surface area contributed by atoms with E-state index >= 15 is 0 Å². The zero-order valence-corrected chi connectivity index (χ0v) is 13.1. The fourth-order valence-electron chi connectivity index (χ4n) is 2.79. The number of carbonyl (C=O) groups is 1. The fourth-order valence-corrected chi connectivity index (χ4v) is 2.79. The van der Waals surface area contributed by atoms with Crippen LogP contribution in [0.25, 0.3) is 5.65 Å². The largest absolute Gasteiger partial charge is 0.355 e. The van der Waals surface area contributed by atoms with Crippen LogP contribution in [0.4, 0.5) is 5.82 Å². The highest BCUT2D eigenvalue weighted by atomic mass is 16.5. The summed E-state index contributed by atoms with van der Waals surface area (Å²) in [6.07, 6.45) is 1.66. The molecule has 0 unspecified atom stereocenters. The molecule has 1 N–H and O–H groups in total. The first-order valence-corrected chi connectivity index (χ1v) is 7.73. The van der Waals surface area contributed by atoms with Crippen molar-refractivity contribution in [1.29, 1.82) is 0 Å². The normalized spacial score (nSPS) is 15.8. The number of hydrogen-bond donors (Lipinski definition) is 1. The summed E-state index contributed by atoms with van der Waals surface area (Å²) in [5.74, 6) is 0.855. The predicted molar refractivity (Wildman–Crippen MR) is 82.5 cm³/mol. The van der Waals surface area contributed by atoms with E-state index in [1.807, 2.05) is 12.1 Å². The van der Waals surface area contributed by atoms with Gasteiger partial charge in [0.25, 0.3) is 5.91 Å². The Morgan fingerprint density at radius 1 is 1.33 bits per heavy atom. The molecule has 1 aliphatic heterocycles. The topological polar surface area (TPSA) is 114 Å². The zero-order chi connectivity index (χ0) is 16.5. The van der Waals surface area contributed by atoms with Gasteiger partial charge in [0.1, 0.15) is 0 Å². The SMILES string of the molecule is Cc1cc(C(=O)NC2CCN(c3ccc4nnnn4n3)CC2)on1. The van der Waals surface area contributed by atoms with Crippen molar-refractivity contribution in [2.75, 3.05) is 18.0 Å². The van der Waals surface area contributed by atoms with E-state index in [4.69, 9.17) is 4.52 Å². The number of aromatic nitrogens is 6. The average molecular weight is 328 g/mol. The molecule has 1 aliphatic rings. The van der Waals surface area contributed by atoms with Crippen LogP contribution in [0.5, 0.6) is 0 Å². The van der Waals surface area contributed by atoms with Crippen molar-refractivity contribution in [3.63, 3.8) is 0 Å². The molecule has 0 radical (unpaired) electrons. The lowest BCUT2D eigenvalue weighted by Crippen LogP contribution is -2.45. The van der Waals surface area contributed by atoms with Crippen LogP contribution in [-0.4, -0.2) is 55.4 Å². The molecule has 24 heavy (non-hydrogen) atoms. The molecular formula is C14H16N8O2. The van der Waals surface area contributed by atoms with Gasteiger partial charge in [-0.1, -0.05) is 5.16 Å². The van der Waals surface area contributed by atoms with Crippen molar-refractivity contribution in [2.24, 2.45) is 0 Å². The third-order valence-electron chi connectivity index (χ3n) is 4.06. The van der Waals surface area contributed by atoms with Crippen LogP contribution in [0.2, 0.25) is 0 Å². The van der Waals surface area contributed by atoms with Crippen molar-refractivity contribution in [2.45, 2.75) is 25.8 Å². The molecule has 0 bridgehead atoms. The van der Waals surface area contributed by atoms with Crippen molar-refractivity contribution < 1.29 is 9.32 Å². The van der Waals surface area contributed by atoms with E-state index in [1.165, 1.54) is 4.63 Å². The number of piperidine rings is 1. The lowest BCUT2D eigenvalue weighted by molar-refractivity contribution is 0.0893. The third-order valence-corrected chi connectivity index (χ3v) is 4.06. The molecule has 0 spiro atoms. The van der Waals surface area contributed by atoms with E-state index in [-0.39, 0.29) is 17.7 Å². The monoisotopic (exact) mass is 328 g/mol. The van der Waals surface area contributed by atoms with Gasteiger partial charge in [0, 0.05) is 25.2 Å². The van der Waals surface area contributed by atoms with Gasteiger partial charge in [-0.3, -0.25) is 4.79 Å². The van der Waals surface area contributed by atoms with Crippen LogP contribution in [0.3, 0.4) is 0 Å². The minimum absolute atomic E-state index is 0.107. The molecule has 0 saturated carbocycles. The maximum Gasteiger partial charge on any atom is 0.290 e. The highest BCUT2D eigenvalue weighted by Gasteiger charge is 2.23. The van der Waals surface area contributed by atoms with Crippen molar-refractivity contribution in [3.8, 4) is 0 Å². The molecule has 1 saturated heterocycles. The Morgan fingerprint density at radius 2 is 2.17 bits per heavy atom. The van der Waals surface area contributed by atoms with Gasteiger partial charge in [-0.05, 0) is 42.3 Å². The second-order valence-corrected chi connectivity index (χ2v) is 5.79. The molecule has 0 aliphatic carbocycles. The van der Waals surface area contributed by atoms with Crippen LogP contribution < -0.4 is 10.2 Å². The van der Waals surface area contributed by atoms with Crippen LogP contribution in [0.1, 0.15) is 29.1 Å². The number of amides is 1. The molecule has 3 aromatic heterocycles. The number of carbonyl (C=O) groups excluding carboxylic acids is 1. The molecular weight excluding hydrogens is 312 g/mol. The smallest absolute Gasteiger partial charge is 0.290 e. The second-order valence-electron chi connectivity index (χ2n) is 5.79. The van der Waals surface area contributed by atoms with Gasteiger partial charge in [0.15, 0.2) is 11.5 Å². The summed E-state index contributed by atoms with van der Waals surface area (Å²) in [4.78, 5) is 14.3. The average Bonchev–Trinajstić information content (AvgIpc) is 3.23. The molecule has 4 rings (SSSR count). The summed E-state index contributed by atoms with van der Waals surface area (Å²) in [5.41, 5.74) is 1.31. The fraction of sp³-hybridized carbons (Fsp3) is 0.429. The van der Waals surface area contributed by atoms with E-state index in [0.29, 0.717) is 11.3 Å². The number of aryl methyl sites for hydroxylation is 1. The summed E-state index contributed by atoms with van der Waals surface area (Å²) in [6, 6.07) is 5.48.